The smallest absolute Gasteiger partial charge is 0.240 e. The first-order valence-corrected chi connectivity index (χ1v) is 9.99. The first-order chi connectivity index (χ1) is 12.5. The van der Waals surface area contributed by atoms with Crippen molar-refractivity contribution in [2.45, 2.75) is 17.4 Å². The van der Waals surface area contributed by atoms with Gasteiger partial charge in [0.1, 0.15) is 11.9 Å². The molecule has 2 aromatic rings. The monoisotopic (exact) mass is 377 g/mol. The van der Waals surface area contributed by atoms with Gasteiger partial charge in [0.05, 0.1) is 4.90 Å². The molecule has 1 aliphatic rings. The lowest BCUT2D eigenvalue weighted by atomic mass is 10.1. The van der Waals surface area contributed by atoms with Crippen LogP contribution in [-0.4, -0.2) is 55.0 Å². The van der Waals surface area contributed by atoms with Gasteiger partial charge in [0.15, 0.2) is 0 Å². The number of aryl methyl sites for hydroxylation is 1. The molecule has 26 heavy (non-hydrogen) atoms. The highest BCUT2D eigenvalue weighted by molar-refractivity contribution is 7.89. The Balaban J connectivity index is 1.61. The lowest BCUT2D eigenvalue weighted by molar-refractivity contribution is -0.134. The van der Waals surface area contributed by atoms with Crippen LogP contribution < -0.4 is 10.0 Å². The summed E-state index contributed by atoms with van der Waals surface area (Å²) in [6, 6.07) is 7.98. The van der Waals surface area contributed by atoms with E-state index < -0.39 is 10.0 Å². The zero-order chi connectivity index (χ0) is 18.6. The summed E-state index contributed by atoms with van der Waals surface area (Å²) in [5, 5.41) is 3.28. The highest BCUT2D eigenvalue weighted by Crippen LogP contribution is 2.21. The van der Waals surface area contributed by atoms with E-state index in [-0.39, 0.29) is 29.8 Å². The number of aromatic nitrogens is 2. The standard InChI is InChI=1S/C17H23N5O3S/c1-21-11-10-19-17(21)15-13-18-9-12-22(15)16(23)7-8-20-26(24,25)14-5-3-2-4-6-14/h2-6,10-11,15,18,20H,7-9,12-13H2,1H3. The summed E-state index contributed by atoms with van der Waals surface area (Å²) in [6.45, 7) is 1.98. The molecule has 140 valence electrons. The minimum absolute atomic E-state index is 0.0628. The number of hydrogen-bond donors (Lipinski definition) is 2. The predicted octanol–water partition coefficient (Wildman–Crippen LogP) is 0.262. The molecular formula is C17H23N5O3S. The fourth-order valence-corrected chi connectivity index (χ4v) is 4.10. The molecule has 0 spiro atoms. The number of piperazine rings is 1. The first kappa shape index (κ1) is 18.6. The van der Waals surface area contributed by atoms with Crippen molar-refractivity contribution >= 4 is 15.9 Å². The van der Waals surface area contributed by atoms with Crippen LogP contribution in [0.15, 0.2) is 47.6 Å². The van der Waals surface area contributed by atoms with E-state index in [1.807, 2.05) is 17.8 Å². The number of rotatable bonds is 6. The van der Waals surface area contributed by atoms with Gasteiger partial charge in [-0.3, -0.25) is 4.79 Å². The van der Waals surface area contributed by atoms with E-state index in [2.05, 4.69) is 15.0 Å². The number of benzene rings is 1. The zero-order valence-electron chi connectivity index (χ0n) is 14.6. The van der Waals surface area contributed by atoms with Crippen molar-refractivity contribution in [1.29, 1.82) is 0 Å². The third-order valence-electron chi connectivity index (χ3n) is 4.40. The SMILES string of the molecule is Cn1ccnc1C1CNCCN1C(=O)CCNS(=O)(=O)c1ccccc1. The molecule has 1 amide bonds. The van der Waals surface area contributed by atoms with Gasteiger partial charge in [-0.15, -0.1) is 0 Å². The second-order valence-electron chi connectivity index (χ2n) is 6.16. The Morgan fingerprint density at radius 1 is 1.35 bits per heavy atom. The molecule has 1 saturated heterocycles. The maximum Gasteiger partial charge on any atom is 0.240 e. The van der Waals surface area contributed by atoms with E-state index in [0.29, 0.717) is 19.6 Å². The van der Waals surface area contributed by atoms with E-state index >= 15 is 0 Å². The fourth-order valence-electron chi connectivity index (χ4n) is 3.05. The number of sulfonamides is 1. The van der Waals surface area contributed by atoms with Gasteiger partial charge in [-0.05, 0) is 12.1 Å². The van der Waals surface area contributed by atoms with Gasteiger partial charge in [0, 0.05) is 52.0 Å². The van der Waals surface area contributed by atoms with E-state index in [0.717, 1.165) is 5.82 Å². The van der Waals surface area contributed by atoms with Crippen molar-refractivity contribution in [2.75, 3.05) is 26.2 Å². The molecule has 0 aliphatic carbocycles. The van der Waals surface area contributed by atoms with Crippen molar-refractivity contribution < 1.29 is 13.2 Å². The second kappa shape index (κ2) is 7.98. The van der Waals surface area contributed by atoms with Crippen LogP contribution in [0.4, 0.5) is 0 Å². The number of carbonyl (C=O) groups is 1. The molecule has 1 aromatic carbocycles. The fraction of sp³-hybridized carbons (Fsp3) is 0.412. The number of nitrogens with one attached hydrogen (secondary N) is 2. The van der Waals surface area contributed by atoms with E-state index in [1.165, 1.54) is 12.1 Å². The Morgan fingerprint density at radius 2 is 2.12 bits per heavy atom. The van der Waals surface area contributed by atoms with Gasteiger partial charge in [-0.25, -0.2) is 18.1 Å². The number of amides is 1. The molecule has 3 rings (SSSR count). The van der Waals surface area contributed by atoms with Gasteiger partial charge < -0.3 is 14.8 Å². The molecule has 0 bridgehead atoms. The Hall–Kier alpha value is -2.23. The molecule has 2 heterocycles. The van der Waals surface area contributed by atoms with Crippen LogP contribution in [0.5, 0.6) is 0 Å². The average molecular weight is 377 g/mol. The van der Waals surface area contributed by atoms with Crippen molar-refractivity contribution in [1.82, 2.24) is 24.5 Å². The molecule has 0 saturated carbocycles. The molecular weight excluding hydrogens is 354 g/mol. The van der Waals surface area contributed by atoms with Crippen molar-refractivity contribution in [3.63, 3.8) is 0 Å². The summed E-state index contributed by atoms with van der Waals surface area (Å²) in [7, 11) is -1.70. The minimum Gasteiger partial charge on any atom is -0.336 e. The lowest BCUT2D eigenvalue weighted by Crippen LogP contribution is -2.50. The molecule has 1 aliphatic heterocycles. The van der Waals surface area contributed by atoms with Gasteiger partial charge >= 0.3 is 0 Å². The number of carbonyl (C=O) groups excluding carboxylic acids is 1. The van der Waals surface area contributed by atoms with Crippen LogP contribution in [0, 0.1) is 0 Å². The molecule has 1 fully saturated rings. The second-order valence-corrected chi connectivity index (χ2v) is 7.93. The van der Waals surface area contributed by atoms with Gasteiger partial charge in [0.2, 0.25) is 15.9 Å². The summed E-state index contributed by atoms with van der Waals surface area (Å²) in [5.41, 5.74) is 0. The van der Waals surface area contributed by atoms with Crippen molar-refractivity contribution in [2.24, 2.45) is 7.05 Å². The quantitative estimate of drug-likeness (QED) is 0.753. The molecule has 8 nitrogen and oxygen atoms in total. The van der Waals surface area contributed by atoms with Gasteiger partial charge in [-0.2, -0.15) is 0 Å². The van der Waals surface area contributed by atoms with Crippen LogP contribution in [-0.2, 0) is 21.9 Å². The van der Waals surface area contributed by atoms with Gasteiger partial charge in [-0.1, -0.05) is 18.2 Å². The van der Waals surface area contributed by atoms with E-state index in [4.69, 9.17) is 0 Å². The van der Waals surface area contributed by atoms with E-state index in [9.17, 15) is 13.2 Å². The zero-order valence-corrected chi connectivity index (χ0v) is 15.4. The minimum atomic E-state index is -3.60. The lowest BCUT2D eigenvalue weighted by Gasteiger charge is -2.35. The third kappa shape index (κ3) is 4.12. The Labute approximate surface area is 153 Å². The summed E-state index contributed by atoms with van der Waals surface area (Å²) < 4.78 is 28.8. The van der Waals surface area contributed by atoms with Crippen LogP contribution in [0.3, 0.4) is 0 Å². The Bertz CT molecular complexity index is 850. The molecule has 1 aromatic heterocycles. The summed E-state index contributed by atoms with van der Waals surface area (Å²) >= 11 is 0. The van der Waals surface area contributed by atoms with Crippen LogP contribution >= 0.6 is 0 Å². The Morgan fingerprint density at radius 3 is 2.81 bits per heavy atom. The van der Waals surface area contributed by atoms with E-state index in [1.54, 1.807) is 29.3 Å². The highest BCUT2D eigenvalue weighted by atomic mass is 32.2. The maximum atomic E-state index is 12.7. The first-order valence-electron chi connectivity index (χ1n) is 8.51. The van der Waals surface area contributed by atoms with Crippen LogP contribution in [0.25, 0.3) is 0 Å². The molecule has 1 atom stereocenters. The highest BCUT2D eigenvalue weighted by Gasteiger charge is 2.30. The van der Waals surface area contributed by atoms with Crippen LogP contribution in [0.1, 0.15) is 18.3 Å². The van der Waals surface area contributed by atoms with Gasteiger partial charge in [0.25, 0.3) is 0 Å². The molecule has 9 heteroatoms. The molecule has 0 radical (unpaired) electrons. The number of imidazole rings is 1. The molecule has 1 unspecified atom stereocenters. The average Bonchev–Trinajstić information content (AvgIpc) is 3.08. The summed E-state index contributed by atoms with van der Waals surface area (Å²) in [5.74, 6) is 0.727. The predicted molar refractivity (Wildman–Crippen MR) is 96.8 cm³/mol. The van der Waals surface area contributed by atoms with Crippen molar-refractivity contribution in [3.8, 4) is 0 Å². The maximum absolute atomic E-state index is 12.7. The number of nitrogens with zero attached hydrogens (tertiary/aromatic N) is 3. The molecule has 2 N–H and O–H groups in total. The number of hydrogen-bond acceptors (Lipinski definition) is 5. The topological polar surface area (TPSA) is 96.3 Å². The largest absolute Gasteiger partial charge is 0.336 e. The Kier molecular flexibility index (Phi) is 5.70. The van der Waals surface area contributed by atoms with Crippen molar-refractivity contribution in [3.05, 3.63) is 48.5 Å². The summed E-state index contributed by atoms with van der Waals surface area (Å²) in [6.07, 6.45) is 3.66. The van der Waals surface area contributed by atoms with Crippen LogP contribution in [0.2, 0.25) is 0 Å². The normalized spacial score (nSPS) is 18.0. The summed E-state index contributed by atoms with van der Waals surface area (Å²) in [4.78, 5) is 19.0. The third-order valence-corrected chi connectivity index (χ3v) is 5.88.